The van der Waals surface area contributed by atoms with Gasteiger partial charge in [-0.3, -0.25) is 10.1 Å². The van der Waals surface area contributed by atoms with Crippen LogP contribution in [0.15, 0.2) is 18.2 Å². The molecular formula is C16H19N3O5. The van der Waals surface area contributed by atoms with Crippen molar-refractivity contribution in [2.45, 2.75) is 38.9 Å². The van der Waals surface area contributed by atoms with Crippen molar-refractivity contribution in [1.29, 1.82) is 5.26 Å². The third-order valence-corrected chi connectivity index (χ3v) is 3.38. The van der Waals surface area contributed by atoms with Gasteiger partial charge in [-0.25, -0.2) is 4.79 Å². The summed E-state index contributed by atoms with van der Waals surface area (Å²) in [7, 11) is 0. The van der Waals surface area contributed by atoms with Crippen LogP contribution in [0.25, 0.3) is 0 Å². The monoisotopic (exact) mass is 333 g/mol. The fourth-order valence-electron chi connectivity index (χ4n) is 2.35. The summed E-state index contributed by atoms with van der Waals surface area (Å²) in [5.74, 6) is 0.369. The van der Waals surface area contributed by atoms with Gasteiger partial charge in [-0.05, 0) is 26.8 Å². The van der Waals surface area contributed by atoms with Crippen LogP contribution in [-0.2, 0) is 4.74 Å². The third kappa shape index (κ3) is 4.35. The molecule has 1 fully saturated rings. The largest absolute Gasteiger partial charge is 0.488 e. The second kappa shape index (κ2) is 6.74. The molecule has 0 saturated carbocycles. The van der Waals surface area contributed by atoms with Gasteiger partial charge in [0.2, 0.25) is 0 Å². The van der Waals surface area contributed by atoms with E-state index in [0.717, 1.165) is 0 Å². The number of hydrogen-bond donors (Lipinski definition) is 0. The standard InChI is InChI=1S/C16H19N3O5/c1-16(2,3)24-15(20)18-7-6-13(10-18)23-12-4-5-14(19(21)22)11(8-12)9-17/h4-5,8,13H,6-7,10H2,1-3H3/t13-/m0/s1. The van der Waals surface area contributed by atoms with Crippen LogP contribution >= 0.6 is 0 Å². The molecule has 1 amide bonds. The number of nitro benzene ring substituents is 1. The van der Waals surface area contributed by atoms with Crippen LogP contribution in [-0.4, -0.2) is 40.7 Å². The summed E-state index contributed by atoms with van der Waals surface area (Å²) in [4.78, 5) is 23.8. The number of likely N-dealkylation sites (tertiary alicyclic amines) is 1. The van der Waals surface area contributed by atoms with Gasteiger partial charge in [0, 0.05) is 25.1 Å². The molecule has 0 N–H and O–H groups in total. The SMILES string of the molecule is CC(C)(C)OC(=O)N1CC[C@H](Oc2ccc([N+](=O)[O-])c(C#N)c2)C1. The molecule has 0 aromatic heterocycles. The topological polar surface area (TPSA) is 106 Å². The Balaban J connectivity index is 2.00. The minimum atomic E-state index is -0.609. The Morgan fingerprint density at radius 2 is 2.17 bits per heavy atom. The van der Waals surface area contributed by atoms with Crippen molar-refractivity contribution in [2.75, 3.05) is 13.1 Å². The Morgan fingerprint density at radius 1 is 1.46 bits per heavy atom. The van der Waals surface area contributed by atoms with E-state index in [2.05, 4.69) is 0 Å². The number of nitriles is 1. The zero-order valence-corrected chi connectivity index (χ0v) is 13.8. The Labute approximate surface area is 139 Å². The molecule has 1 aromatic rings. The van der Waals surface area contributed by atoms with E-state index in [4.69, 9.17) is 14.7 Å². The summed E-state index contributed by atoms with van der Waals surface area (Å²) in [5, 5.41) is 19.8. The van der Waals surface area contributed by atoms with Crippen LogP contribution in [0, 0.1) is 21.4 Å². The summed E-state index contributed by atoms with van der Waals surface area (Å²) < 4.78 is 11.1. The molecule has 8 heteroatoms. The molecule has 24 heavy (non-hydrogen) atoms. The number of nitro groups is 1. The molecule has 128 valence electrons. The van der Waals surface area contributed by atoms with E-state index in [9.17, 15) is 14.9 Å². The van der Waals surface area contributed by atoms with Crippen LogP contribution in [0.3, 0.4) is 0 Å². The summed E-state index contributed by atoms with van der Waals surface area (Å²) in [5.41, 5.74) is -0.873. The number of amides is 1. The molecule has 1 aromatic carbocycles. The normalized spacial score (nSPS) is 17.2. The summed E-state index contributed by atoms with van der Waals surface area (Å²) >= 11 is 0. The molecule has 1 aliphatic rings. The highest BCUT2D eigenvalue weighted by Crippen LogP contribution is 2.26. The van der Waals surface area contributed by atoms with Crippen molar-refractivity contribution in [3.8, 4) is 11.8 Å². The van der Waals surface area contributed by atoms with E-state index in [1.54, 1.807) is 31.7 Å². The van der Waals surface area contributed by atoms with Crippen LogP contribution in [0.5, 0.6) is 5.75 Å². The van der Waals surface area contributed by atoms with Gasteiger partial charge in [0.15, 0.2) is 0 Å². The van der Waals surface area contributed by atoms with Crippen molar-refractivity contribution in [1.82, 2.24) is 4.90 Å². The van der Waals surface area contributed by atoms with Gasteiger partial charge in [0.1, 0.15) is 29.1 Å². The summed E-state index contributed by atoms with van der Waals surface area (Å²) in [6.07, 6.45) is -0.0153. The lowest BCUT2D eigenvalue weighted by Crippen LogP contribution is -2.36. The molecule has 0 spiro atoms. The van der Waals surface area contributed by atoms with Crippen LogP contribution in [0.1, 0.15) is 32.8 Å². The number of benzene rings is 1. The first kappa shape index (κ1) is 17.5. The average molecular weight is 333 g/mol. The maximum atomic E-state index is 12.0. The minimum Gasteiger partial charge on any atom is -0.488 e. The maximum absolute atomic E-state index is 12.0. The van der Waals surface area contributed by atoms with Gasteiger partial charge < -0.3 is 14.4 Å². The molecule has 2 rings (SSSR count). The number of nitrogens with zero attached hydrogens (tertiary/aromatic N) is 3. The fourth-order valence-corrected chi connectivity index (χ4v) is 2.35. The molecule has 1 heterocycles. The zero-order valence-electron chi connectivity index (χ0n) is 13.8. The van der Waals surface area contributed by atoms with Crippen molar-refractivity contribution in [2.24, 2.45) is 0 Å². The Morgan fingerprint density at radius 3 is 2.75 bits per heavy atom. The Hall–Kier alpha value is -2.82. The smallest absolute Gasteiger partial charge is 0.410 e. The van der Waals surface area contributed by atoms with Crippen molar-refractivity contribution >= 4 is 11.8 Å². The van der Waals surface area contributed by atoms with Crippen LogP contribution < -0.4 is 4.74 Å². The van der Waals surface area contributed by atoms with E-state index in [1.807, 2.05) is 0 Å². The lowest BCUT2D eigenvalue weighted by atomic mass is 10.2. The molecule has 0 bridgehead atoms. The van der Waals surface area contributed by atoms with Gasteiger partial charge >= 0.3 is 6.09 Å². The maximum Gasteiger partial charge on any atom is 0.410 e. The Bertz CT molecular complexity index is 690. The Kier molecular flexibility index (Phi) is 4.93. The summed E-state index contributed by atoms with van der Waals surface area (Å²) in [6, 6.07) is 5.83. The predicted octanol–water partition coefficient (Wildman–Crippen LogP) is 2.85. The number of rotatable bonds is 3. The first-order valence-electron chi connectivity index (χ1n) is 7.53. The van der Waals surface area contributed by atoms with Gasteiger partial charge in [0.25, 0.3) is 5.69 Å². The average Bonchev–Trinajstić information content (AvgIpc) is 2.93. The van der Waals surface area contributed by atoms with Gasteiger partial charge in [-0.1, -0.05) is 0 Å². The van der Waals surface area contributed by atoms with E-state index >= 15 is 0 Å². The molecular weight excluding hydrogens is 314 g/mol. The van der Waals surface area contributed by atoms with Gasteiger partial charge in [0.05, 0.1) is 11.5 Å². The highest BCUT2D eigenvalue weighted by Gasteiger charge is 2.31. The van der Waals surface area contributed by atoms with Gasteiger partial charge in [-0.2, -0.15) is 5.26 Å². The first-order chi connectivity index (χ1) is 11.2. The van der Waals surface area contributed by atoms with Gasteiger partial charge in [-0.15, -0.1) is 0 Å². The third-order valence-electron chi connectivity index (χ3n) is 3.38. The van der Waals surface area contributed by atoms with E-state index in [0.29, 0.717) is 25.3 Å². The molecule has 1 aliphatic heterocycles. The fraction of sp³-hybridized carbons (Fsp3) is 0.500. The molecule has 0 unspecified atom stereocenters. The lowest BCUT2D eigenvalue weighted by Gasteiger charge is -2.24. The second-order valence-corrected chi connectivity index (χ2v) is 6.50. The predicted molar refractivity (Wildman–Crippen MR) is 84.7 cm³/mol. The zero-order chi connectivity index (χ0) is 17.9. The first-order valence-corrected chi connectivity index (χ1v) is 7.53. The highest BCUT2D eigenvalue weighted by atomic mass is 16.6. The molecule has 0 aliphatic carbocycles. The van der Waals surface area contributed by atoms with E-state index < -0.39 is 16.6 Å². The van der Waals surface area contributed by atoms with Crippen molar-refractivity contribution in [3.63, 3.8) is 0 Å². The van der Waals surface area contributed by atoms with Crippen LogP contribution in [0.4, 0.5) is 10.5 Å². The number of carbonyl (C=O) groups excluding carboxylic acids is 1. The molecule has 1 atom stereocenters. The molecule has 1 saturated heterocycles. The number of ether oxygens (including phenoxy) is 2. The summed E-state index contributed by atoms with van der Waals surface area (Å²) in [6.45, 7) is 6.28. The molecule has 8 nitrogen and oxygen atoms in total. The number of carbonyl (C=O) groups is 1. The minimum absolute atomic E-state index is 0.0560. The van der Waals surface area contributed by atoms with E-state index in [-0.39, 0.29) is 17.4 Å². The second-order valence-electron chi connectivity index (χ2n) is 6.50. The quantitative estimate of drug-likeness (QED) is 0.622. The lowest BCUT2D eigenvalue weighted by molar-refractivity contribution is -0.385. The number of hydrogen-bond acceptors (Lipinski definition) is 6. The molecule has 0 radical (unpaired) electrons. The van der Waals surface area contributed by atoms with E-state index in [1.165, 1.54) is 18.2 Å². The van der Waals surface area contributed by atoms with Crippen molar-refractivity contribution < 1.29 is 19.2 Å². The van der Waals surface area contributed by atoms with Crippen molar-refractivity contribution in [3.05, 3.63) is 33.9 Å². The highest BCUT2D eigenvalue weighted by molar-refractivity contribution is 5.68. The van der Waals surface area contributed by atoms with Crippen LogP contribution in [0.2, 0.25) is 0 Å².